The molecule has 3 rings (SSSR count). The maximum Gasteiger partial charge on any atom is 0.416 e. The summed E-state index contributed by atoms with van der Waals surface area (Å²) in [4.78, 5) is 16.0. The third-order valence-corrected chi connectivity index (χ3v) is 5.29. The number of hydrogen-bond acceptors (Lipinski definition) is 2. The van der Waals surface area contributed by atoms with E-state index in [1.165, 1.54) is 6.07 Å². The van der Waals surface area contributed by atoms with Gasteiger partial charge in [-0.05, 0) is 35.4 Å². The highest BCUT2D eigenvalue weighted by molar-refractivity contribution is 9.10. The molecular weight excluding hydrogens is 440 g/mol. The van der Waals surface area contributed by atoms with Crippen LogP contribution in [0.4, 0.5) is 17.6 Å². The van der Waals surface area contributed by atoms with Crippen LogP contribution in [-0.4, -0.2) is 41.9 Å². The molecule has 0 aliphatic carbocycles. The molecule has 1 heterocycles. The smallest absolute Gasteiger partial charge is 0.340 e. The minimum atomic E-state index is -4.60. The summed E-state index contributed by atoms with van der Waals surface area (Å²) >= 11 is 3.35. The summed E-state index contributed by atoms with van der Waals surface area (Å²) < 4.78 is 53.6. The molecule has 2 aromatic rings. The van der Waals surface area contributed by atoms with Crippen LogP contribution in [0.5, 0.6) is 0 Å². The van der Waals surface area contributed by atoms with Crippen molar-refractivity contribution in [3.63, 3.8) is 0 Å². The molecule has 150 valence electrons. The summed E-state index contributed by atoms with van der Waals surface area (Å²) in [6.07, 6.45) is -4.30. The first-order chi connectivity index (χ1) is 13.2. The van der Waals surface area contributed by atoms with E-state index in [-0.39, 0.29) is 18.0 Å². The number of nitrogens with zero attached hydrogens (tertiary/aromatic N) is 2. The summed E-state index contributed by atoms with van der Waals surface area (Å²) in [5, 5.41) is 0. The van der Waals surface area contributed by atoms with E-state index < -0.39 is 17.6 Å². The number of rotatable bonds is 4. The molecule has 0 N–H and O–H groups in total. The Labute approximate surface area is 169 Å². The van der Waals surface area contributed by atoms with Crippen LogP contribution in [0.1, 0.15) is 16.7 Å². The van der Waals surface area contributed by atoms with E-state index in [1.807, 2.05) is 29.2 Å². The van der Waals surface area contributed by atoms with Crippen LogP contribution in [0.15, 0.2) is 46.9 Å². The van der Waals surface area contributed by atoms with Gasteiger partial charge in [0, 0.05) is 37.2 Å². The molecule has 1 aliphatic heterocycles. The van der Waals surface area contributed by atoms with Gasteiger partial charge in [0.25, 0.3) is 0 Å². The Kier molecular flexibility index (Phi) is 6.40. The molecule has 1 aliphatic rings. The van der Waals surface area contributed by atoms with E-state index in [4.69, 9.17) is 0 Å². The lowest BCUT2D eigenvalue weighted by molar-refractivity contribution is -0.138. The van der Waals surface area contributed by atoms with Crippen molar-refractivity contribution in [3.05, 3.63) is 69.4 Å². The van der Waals surface area contributed by atoms with Crippen molar-refractivity contribution < 1.29 is 22.4 Å². The number of hydrogen-bond donors (Lipinski definition) is 0. The molecule has 0 spiro atoms. The van der Waals surface area contributed by atoms with Gasteiger partial charge in [-0.3, -0.25) is 9.69 Å². The van der Waals surface area contributed by atoms with Crippen LogP contribution in [0.3, 0.4) is 0 Å². The fourth-order valence-corrected chi connectivity index (χ4v) is 3.50. The van der Waals surface area contributed by atoms with E-state index in [0.717, 1.165) is 16.1 Å². The van der Waals surface area contributed by atoms with Crippen LogP contribution in [0.2, 0.25) is 0 Å². The Morgan fingerprint density at radius 1 is 1.00 bits per heavy atom. The second-order valence-corrected chi connectivity index (χ2v) is 7.68. The molecule has 0 atom stereocenters. The lowest BCUT2D eigenvalue weighted by Crippen LogP contribution is -2.48. The number of carbonyl (C=O) groups excluding carboxylic acids is 1. The Hall–Kier alpha value is -1.93. The average Bonchev–Trinajstić information content (AvgIpc) is 2.65. The third-order valence-electron chi connectivity index (χ3n) is 4.76. The standard InChI is InChI=1S/C20H19BrF4N2O/c21-16-4-1-14(2-5-16)11-19(28)27-9-7-26(8-10-27)13-15-3-6-17(22)12-18(15)20(23,24)25/h1-6,12H,7-11,13H2. The molecule has 2 aromatic carbocycles. The minimum absolute atomic E-state index is 0.000245. The number of alkyl halides is 3. The van der Waals surface area contributed by atoms with Crippen LogP contribution in [0.25, 0.3) is 0 Å². The third kappa shape index (κ3) is 5.32. The van der Waals surface area contributed by atoms with Crippen LogP contribution in [0, 0.1) is 5.82 Å². The Balaban J connectivity index is 1.57. The van der Waals surface area contributed by atoms with Crippen molar-refractivity contribution in [2.24, 2.45) is 0 Å². The van der Waals surface area contributed by atoms with Crippen molar-refractivity contribution in [1.29, 1.82) is 0 Å². The van der Waals surface area contributed by atoms with E-state index in [2.05, 4.69) is 15.9 Å². The monoisotopic (exact) mass is 458 g/mol. The van der Waals surface area contributed by atoms with E-state index in [1.54, 1.807) is 4.90 Å². The van der Waals surface area contributed by atoms with Gasteiger partial charge >= 0.3 is 6.18 Å². The molecule has 0 radical (unpaired) electrons. The maximum absolute atomic E-state index is 13.2. The first kappa shape index (κ1) is 20.8. The van der Waals surface area contributed by atoms with Crippen LogP contribution in [-0.2, 0) is 23.9 Å². The topological polar surface area (TPSA) is 23.6 Å². The van der Waals surface area contributed by atoms with Gasteiger partial charge in [0.15, 0.2) is 0 Å². The average molecular weight is 459 g/mol. The molecule has 0 unspecified atom stereocenters. The van der Waals surface area contributed by atoms with Gasteiger partial charge in [-0.15, -0.1) is 0 Å². The first-order valence-corrected chi connectivity index (χ1v) is 9.62. The largest absolute Gasteiger partial charge is 0.416 e. The molecule has 3 nitrogen and oxygen atoms in total. The lowest BCUT2D eigenvalue weighted by Gasteiger charge is -2.35. The number of carbonyl (C=O) groups is 1. The molecule has 1 fully saturated rings. The quantitative estimate of drug-likeness (QED) is 0.630. The van der Waals surface area contributed by atoms with E-state index in [9.17, 15) is 22.4 Å². The first-order valence-electron chi connectivity index (χ1n) is 8.82. The summed E-state index contributed by atoms with van der Waals surface area (Å²) in [6, 6.07) is 10.3. The molecule has 8 heteroatoms. The fourth-order valence-electron chi connectivity index (χ4n) is 3.24. The van der Waals surface area contributed by atoms with Crippen LogP contribution >= 0.6 is 15.9 Å². The SMILES string of the molecule is O=C(Cc1ccc(Br)cc1)N1CCN(Cc2ccc(F)cc2C(F)(F)F)CC1. The van der Waals surface area contributed by atoms with Gasteiger partial charge in [-0.1, -0.05) is 34.1 Å². The van der Waals surface area contributed by atoms with Crippen molar-refractivity contribution in [2.75, 3.05) is 26.2 Å². The zero-order valence-electron chi connectivity index (χ0n) is 15.0. The molecule has 28 heavy (non-hydrogen) atoms. The van der Waals surface area contributed by atoms with Gasteiger partial charge in [0.2, 0.25) is 5.91 Å². The summed E-state index contributed by atoms with van der Waals surface area (Å²) in [6.45, 7) is 1.93. The highest BCUT2D eigenvalue weighted by atomic mass is 79.9. The fraction of sp³-hybridized carbons (Fsp3) is 0.350. The second kappa shape index (κ2) is 8.61. The highest BCUT2D eigenvalue weighted by Gasteiger charge is 2.34. The van der Waals surface area contributed by atoms with Gasteiger partial charge in [0.05, 0.1) is 12.0 Å². The zero-order chi connectivity index (χ0) is 20.3. The van der Waals surface area contributed by atoms with Crippen molar-refractivity contribution in [1.82, 2.24) is 9.80 Å². The van der Waals surface area contributed by atoms with Gasteiger partial charge in [-0.2, -0.15) is 13.2 Å². The predicted molar refractivity (Wildman–Crippen MR) is 101 cm³/mol. The maximum atomic E-state index is 13.2. The van der Waals surface area contributed by atoms with Crippen molar-refractivity contribution in [2.45, 2.75) is 19.1 Å². The van der Waals surface area contributed by atoms with E-state index in [0.29, 0.717) is 38.7 Å². The lowest BCUT2D eigenvalue weighted by atomic mass is 10.1. The van der Waals surface area contributed by atoms with Gasteiger partial charge in [0.1, 0.15) is 5.82 Å². The molecule has 1 amide bonds. The molecule has 0 aromatic heterocycles. The highest BCUT2D eigenvalue weighted by Crippen LogP contribution is 2.33. The number of amides is 1. The molecule has 0 saturated carbocycles. The summed E-state index contributed by atoms with van der Waals surface area (Å²) in [5.41, 5.74) is 0.0153. The second-order valence-electron chi connectivity index (χ2n) is 6.76. The summed E-state index contributed by atoms with van der Waals surface area (Å²) in [5.74, 6) is -0.904. The Morgan fingerprint density at radius 3 is 2.25 bits per heavy atom. The number of halogens is 5. The normalized spacial score (nSPS) is 15.7. The zero-order valence-corrected chi connectivity index (χ0v) is 16.6. The Bertz CT molecular complexity index is 831. The number of benzene rings is 2. The van der Waals surface area contributed by atoms with Crippen molar-refractivity contribution in [3.8, 4) is 0 Å². The summed E-state index contributed by atoms with van der Waals surface area (Å²) in [7, 11) is 0. The minimum Gasteiger partial charge on any atom is -0.340 e. The molecular formula is C20H19BrF4N2O. The Morgan fingerprint density at radius 2 is 1.64 bits per heavy atom. The van der Waals surface area contributed by atoms with Crippen LogP contribution < -0.4 is 0 Å². The number of piperazine rings is 1. The molecule has 1 saturated heterocycles. The predicted octanol–water partition coefficient (Wildman–Crippen LogP) is 4.49. The van der Waals surface area contributed by atoms with Gasteiger partial charge in [-0.25, -0.2) is 4.39 Å². The van der Waals surface area contributed by atoms with Gasteiger partial charge < -0.3 is 4.90 Å². The molecule has 0 bridgehead atoms. The van der Waals surface area contributed by atoms with Crippen molar-refractivity contribution >= 4 is 21.8 Å². The van der Waals surface area contributed by atoms with E-state index >= 15 is 0 Å².